The molecule has 0 saturated heterocycles. The Morgan fingerprint density at radius 1 is 1.56 bits per heavy atom. The molecule has 0 radical (unpaired) electrons. The van der Waals surface area contributed by atoms with Gasteiger partial charge in [-0.15, -0.1) is 0 Å². The molecule has 0 atom stereocenters. The van der Waals surface area contributed by atoms with E-state index in [4.69, 9.17) is 10.5 Å². The molecule has 0 aliphatic carbocycles. The van der Waals surface area contributed by atoms with Crippen molar-refractivity contribution in [2.24, 2.45) is 5.92 Å². The van der Waals surface area contributed by atoms with E-state index >= 15 is 0 Å². The van der Waals surface area contributed by atoms with E-state index in [1.807, 2.05) is 0 Å². The Morgan fingerprint density at radius 3 is 2.11 bits per heavy atom. The van der Waals surface area contributed by atoms with Gasteiger partial charge in [0.15, 0.2) is 0 Å². The summed E-state index contributed by atoms with van der Waals surface area (Å²) >= 11 is 0. The highest BCUT2D eigenvalue weighted by atomic mass is 16.1. The molecule has 0 spiro atoms. The third kappa shape index (κ3) is 1.79. The predicted octanol–water partition coefficient (Wildman–Crippen LogP) is -0.604. The Labute approximate surface area is 52.7 Å². The summed E-state index contributed by atoms with van der Waals surface area (Å²) in [4.78, 5) is 10.4. The lowest BCUT2D eigenvalue weighted by Gasteiger charge is -1.93. The molecule has 0 aromatic heterocycles. The molecule has 0 aliphatic rings. The Balaban J connectivity index is 4.05. The number of hydrogen-bond acceptors (Lipinski definition) is 3. The van der Waals surface area contributed by atoms with Gasteiger partial charge in [0.25, 0.3) is 5.91 Å². The first-order valence-corrected chi connectivity index (χ1v) is 2.27. The molecular weight excluding hydrogens is 118 g/mol. The maximum Gasteiger partial charge on any atom is 0.251 e. The lowest BCUT2D eigenvalue weighted by molar-refractivity contribution is -0.121. The van der Waals surface area contributed by atoms with Gasteiger partial charge in [0, 0.05) is 7.05 Å². The van der Waals surface area contributed by atoms with Crippen LogP contribution in [0.5, 0.6) is 0 Å². The molecular formula is C5H5N3O. The molecule has 4 nitrogen and oxygen atoms in total. The van der Waals surface area contributed by atoms with E-state index in [1.54, 1.807) is 0 Å². The SMILES string of the molecule is CNC(=O)C(C#N)C#N. The zero-order valence-corrected chi connectivity index (χ0v) is 4.88. The highest BCUT2D eigenvalue weighted by Crippen LogP contribution is 1.88. The van der Waals surface area contributed by atoms with Crippen molar-refractivity contribution in [3.05, 3.63) is 0 Å². The smallest absolute Gasteiger partial charge is 0.251 e. The summed E-state index contributed by atoms with van der Waals surface area (Å²) in [6.45, 7) is 0. The number of nitrogens with zero attached hydrogens (tertiary/aromatic N) is 2. The van der Waals surface area contributed by atoms with Crippen LogP contribution in [0.15, 0.2) is 0 Å². The molecule has 0 bridgehead atoms. The molecule has 0 rings (SSSR count). The third-order valence-corrected chi connectivity index (χ3v) is 0.767. The van der Waals surface area contributed by atoms with Gasteiger partial charge in [-0.3, -0.25) is 4.79 Å². The molecule has 1 N–H and O–H groups in total. The van der Waals surface area contributed by atoms with E-state index in [9.17, 15) is 4.79 Å². The Morgan fingerprint density at radius 2 is 2.00 bits per heavy atom. The van der Waals surface area contributed by atoms with Gasteiger partial charge in [-0.2, -0.15) is 10.5 Å². The van der Waals surface area contributed by atoms with Crippen LogP contribution in [-0.2, 0) is 4.79 Å². The summed E-state index contributed by atoms with van der Waals surface area (Å²) in [7, 11) is 1.38. The van der Waals surface area contributed by atoms with E-state index in [0.29, 0.717) is 0 Å². The van der Waals surface area contributed by atoms with Gasteiger partial charge in [-0.1, -0.05) is 0 Å². The van der Waals surface area contributed by atoms with Crippen molar-refractivity contribution in [1.29, 1.82) is 10.5 Å². The Kier molecular flexibility index (Phi) is 2.86. The highest BCUT2D eigenvalue weighted by Gasteiger charge is 2.13. The first-order chi connectivity index (χ1) is 4.26. The molecule has 0 aromatic carbocycles. The maximum atomic E-state index is 10.4. The molecule has 46 valence electrons. The van der Waals surface area contributed by atoms with Gasteiger partial charge in [-0.25, -0.2) is 0 Å². The van der Waals surface area contributed by atoms with Gasteiger partial charge < -0.3 is 5.32 Å². The fourth-order valence-corrected chi connectivity index (χ4v) is 0.290. The second-order valence-electron chi connectivity index (χ2n) is 1.31. The summed E-state index contributed by atoms with van der Waals surface area (Å²) in [6, 6.07) is 3.06. The van der Waals surface area contributed by atoms with Gasteiger partial charge in [-0.05, 0) is 0 Å². The van der Waals surface area contributed by atoms with Crippen LogP contribution in [0.2, 0.25) is 0 Å². The van der Waals surface area contributed by atoms with Crippen LogP contribution >= 0.6 is 0 Å². The first-order valence-electron chi connectivity index (χ1n) is 2.27. The lowest BCUT2D eigenvalue weighted by Crippen LogP contribution is -2.24. The summed E-state index contributed by atoms with van der Waals surface area (Å²) in [5, 5.41) is 18.4. The van der Waals surface area contributed by atoms with E-state index in [-0.39, 0.29) is 0 Å². The van der Waals surface area contributed by atoms with Gasteiger partial charge in [0.05, 0.1) is 12.1 Å². The second-order valence-corrected chi connectivity index (χ2v) is 1.31. The number of hydrogen-bond donors (Lipinski definition) is 1. The molecule has 0 aliphatic heterocycles. The van der Waals surface area contributed by atoms with Crippen molar-refractivity contribution in [3.63, 3.8) is 0 Å². The average Bonchev–Trinajstić information content (AvgIpc) is 1.90. The third-order valence-electron chi connectivity index (χ3n) is 0.767. The number of carbonyl (C=O) groups excluding carboxylic acids is 1. The van der Waals surface area contributed by atoms with Gasteiger partial charge in [0.1, 0.15) is 0 Å². The molecule has 9 heavy (non-hydrogen) atoms. The van der Waals surface area contributed by atoms with E-state index in [2.05, 4.69) is 5.32 Å². The van der Waals surface area contributed by atoms with Crippen LogP contribution in [0.4, 0.5) is 0 Å². The van der Waals surface area contributed by atoms with E-state index in [1.165, 1.54) is 19.2 Å². The average molecular weight is 123 g/mol. The summed E-state index contributed by atoms with van der Waals surface area (Å²) in [6.07, 6.45) is 0. The van der Waals surface area contributed by atoms with E-state index < -0.39 is 11.8 Å². The van der Waals surface area contributed by atoms with Crippen LogP contribution in [0.1, 0.15) is 0 Å². The fraction of sp³-hybridized carbons (Fsp3) is 0.400. The van der Waals surface area contributed by atoms with Crippen molar-refractivity contribution in [2.75, 3.05) is 7.05 Å². The standard InChI is InChI=1S/C5H5N3O/c1-8-5(9)4(2-6)3-7/h4H,1H3,(H,8,9). The Bertz CT molecular complexity index is 171. The minimum absolute atomic E-state index is 0.556. The van der Waals surface area contributed by atoms with Gasteiger partial charge >= 0.3 is 0 Å². The van der Waals surface area contributed by atoms with Crippen LogP contribution in [0.25, 0.3) is 0 Å². The predicted molar refractivity (Wildman–Crippen MR) is 28.8 cm³/mol. The number of carbonyl (C=O) groups is 1. The zero-order valence-electron chi connectivity index (χ0n) is 4.88. The minimum atomic E-state index is -1.17. The molecule has 0 heterocycles. The van der Waals surface area contributed by atoms with Crippen LogP contribution < -0.4 is 5.32 Å². The van der Waals surface area contributed by atoms with Gasteiger partial charge in [0.2, 0.25) is 5.92 Å². The van der Waals surface area contributed by atoms with Crippen molar-refractivity contribution in [1.82, 2.24) is 5.32 Å². The quantitative estimate of drug-likeness (QED) is 0.505. The number of nitrogens with one attached hydrogen (secondary N) is 1. The van der Waals surface area contributed by atoms with Crippen LogP contribution in [0.3, 0.4) is 0 Å². The van der Waals surface area contributed by atoms with Crippen LogP contribution in [-0.4, -0.2) is 13.0 Å². The number of nitriles is 2. The molecule has 0 aromatic rings. The Hall–Kier alpha value is -1.55. The van der Waals surface area contributed by atoms with Crippen molar-refractivity contribution in [2.45, 2.75) is 0 Å². The first kappa shape index (κ1) is 7.45. The number of amides is 1. The van der Waals surface area contributed by atoms with Crippen molar-refractivity contribution >= 4 is 5.91 Å². The number of rotatable bonds is 1. The van der Waals surface area contributed by atoms with Crippen LogP contribution in [0, 0.1) is 28.6 Å². The summed E-state index contributed by atoms with van der Waals surface area (Å²) in [5.41, 5.74) is 0. The zero-order chi connectivity index (χ0) is 7.28. The summed E-state index contributed by atoms with van der Waals surface area (Å²) in [5.74, 6) is -1.73. The normalized spacial score (nSPS) is 7.56. The maximum absolute atomic E-state index is 10.4. The van der Waals surface area contributed by atoms with Crippen molar-refractivity contribution < 1.29 is 4.79 Å². The highest BCUT2D eigenvalue weighted by molar-refractivity contribution is 5.83. The topological polar surface area (TPSA) is 76.7 Å². The molecule has 0 saturated carbocycles. The molecule has 1 amide bonds. The lowest BCUT2D eigenvalue weighted by atomic mass is 10.2. The largest absolute Gasteiger partial charge is 0.357 e. The van der Waals surface area contributed by atoms with E-state index in [0.717, 1.165) is 0 Å². The molecule has 4 heteroatoms. The fourth-order valence-electron chi connectivity index (χ4n) is 0.290. The monoisotopic (exact) mass is 123 g/mol. The molecule has 0 unspecified atom stereocenters. The summed E-state index contributed by atoms with van der Waals surface area (Å²) < 4.78 is 0. The molecule has 0 fully saturated rings. The second kappa shape index (κ2) is 3.45. The van der Waals surface area contributed by atoms with Crippen molar-refractivity contribution in [3.8, 4) is 12.1 Å². The minimum Gasteiger partial charge on any atom is -0.357 e.